The molecule has 7 nitrogen and oxygen atoms in total. The third-order valence-electron chi connectivity index (χ3n) is 3.58. The Bertz CT molecular complexity index is 879. The molecular formula is C19H18Br2N2O5. The van der Waals surface area contributed by atoms with E-state index in [1.54, 1.807) is 25.1 Å². The number of amides is 2. The van der Waals surface area contributed by atoms with Gasteiger partial charge in [-0.25, -0.2) is 0 Å². The Labute approximate surface area is 178 Å². The summed E-state index contributed by atoms with van der Waals surface area (Å²) in [5.74, 6) is -1.20. The standard InChI is InChI=1S/C19H18Br2N2O5/c1-2-16(24)23-13-5-3-4-11(6-13)10-28-18-14(20)7-12(8-15(18)21)19(27)22-9-17(25)26/h3-8H,2,9-10H2,1H3,(H,22,27)(H,23,24)(H,25,26). The fourth-order valence-corrected chi connectivity index (χ4v) is 3.65. The number of aliphatic carboxylic acids is 1. The Morgan fingerprint density at radius 1 is 1.11 bits per heavy atom. The van der Waals surface area contributed by atoms with Gasteiger partial charge in [-0.2, -0.15) is 0 Å². The first-order valence-electron chi connectivity index (χ1n) is 8.30. The fraction of sp³-hybridized carbons (Fsp3) is 0.211. The van der Waals surface area contributed by atoms with Crippen molar-refractivity contribution in [2.45, 2.75) is 20.0 Å². The van der Waals surface area contributed by atoms with Gasteiger partial charge in [0.05, 0.1) is 8.95 Å². The molecule has 2 aromatic rings. The van der Waals surface area contributed by atoms with Gasteiger partial charge in [-0.3, -0.25) is 14.4 Å². The number of anilines is 1. The molecule has 0 unspecified atom stereocenters. The molecule has 0 saturated heterocycles. The Morgan fingerprint density at radius 2 is 1.79 bits per heavy atom. The van der Waals surface area contributed by atoms with E-state index >= 15 is 0 Å². The lowest BCUT2D eigenvalue weighted by Gasteiger charge is -2.13. The second-order valence-electron chi connectivity index (χ2n) is 5.74. The maximum Gasteiger partial charge on any atom is 0.322 e. The first-order chi connectivity index (χ1) is 13.3. The van der Waals surface area contributed by atoms with Crippen LogP contribution in [-0.2, 0) is 16.2 Å². The summed E-state index contributed by atoms with van der Waals surface area (Å²) in [6.07, 6.45) is 0.396. The van der Waals surface area contributed by atoms with Crippen molar-refractivity contribution in [1.82, 2.24) is 5.32 Å². The van der Waals surface area contributed by atoms with Crippen LogP contribution in [0.1, 0.15) is 29.3 Å². The van der Waals surface area contributed by atoms with Gasteiger partial charge in [0.25, 0.3) is 5.91 Å². The molecule has 0 atom stereocenters. The minimum Gasteiger partial charge on any atom is -0.487 e. The molecule has 0 fully saturated rings. The van der Waals surface area contributed by atoms with Crippen molar-refractivity contribution in [3.05, 3.63) is 56.5 Å². The van der Waals surface area contributed by atoms with Crippen LogP contribution >= 0.6 is 31.9 Å². The van der Waals surface area contributed by atoms with Gasteiger partial charge in [-0.15, -0.1) is 0 Å². The summed E-state index contributed by atoms with van der Waals surface area (Å²) in [6, 6.07) is 10.4. The summed E-state index contributed by atoms with van der Waals surface area (Å²) < 4.78 is 6.92. The number of carboxylic acid groups (broad SMARTS) is 1. The molecule has 0 aliphatic rings. The number of rotatable bonds is 8. The number of carbonyl (C=O) groups excluding carboxylic acids is 2. The molecule has 0 radical (unpaired) electrons. The molecule has 148 valence electrons. The van der Waals surface area contributed by atoms with Gasteiger partial charge in [-0.1, -0.05) is 19.1 Å². The highest BCUT2D eigenvalue weighted by molar-refractivity contribution is 9.11. The summed E-state index contributed by atoms with van der Waals surface area (Å²) in [7, 11) is 0. The third kappa shape index (κ3) is 6.35. The normalized spacial score (nSPS) is 10.2. The predicted molar refractivity (Wildman–Crippen MR) is 112 cm³/mol. The van der Waals surface area contributed by atoms with Crippen molar-refractivity contribution >= 4 is 55.3 Å². The molecule has 0 saturated carbocycles. The zero-order valence-electron chi connectivity index (χ0n) is 14.9. The van der Waals surface area contributed by atoms with Crippen molar-refractivity contribution in [2.24, 2.45) is 0 Å². The van der Waals surface area contributed by atoms with Crippen molar-refractivity contribution in [2.75, 3.05) is 11.9 Å². The van der Waals surface area contributed by atoms with Crippen molar-refractivity contribution in [3.63, 3.8) is 0 Å². The van der Waals surface area contributed by atoms with E-state index in [2.05, 4.69) is 42.5 Å². The van der Waals surface area contributed by atoms with Crippen LogP contribution in [0.3, 0.4) is 0 Å². The molecule has 3 N–H and O–H groups in total. The van der Waals surface area contributed by atoms with E-state index in [0.717, 1.165) is 5.56 Å². The topological polar surface area (TPSA) is 105 Å². The summed E-state index contributed by atoms with van der Waals surface area (Å²) >= 11 is 6.74. The van der Waals surface area contributed by atoms with E-state index in [1.165, 1.54) is 0 Å². The summed E-state index contributed by atoms with van der Waals surface area (Å²) in [4.78, 5) is 34.1. The molecule has 0 bridgehead atoms. The fourth-order valence-electron chi connectivity index (χ4n) is 2.23. The van der Waals surface area contributed by atoms with Gasteiger partial charge in [0, 0.05) is 17.7 Å². The van der Waals surface area contributed by atoms with Gasteiger partial charge >= 0.3 is 5.97 Å². The van der Waals surface area contributed by atoms with Crippen LogP contribution in [0.25, 0.3) is 0 Å². The second-order valence-corrected chi connectivity index (χ2v) is 7.44. The Kier molecular flexibility index (Phi) is 8.01. The van der Waals surface area contributed by atoms with Crippen molar-refractivity contribution in [3.8, 4) is 5.75 Å². The second kappa shape index (κ2) is 10.2. The number of ether oxygens (including phenoxy) is 1. The monoisotopic (exact) mass is 512 g/mol. The van der Waals surface area contributed by atoms with Crippen LogP contribution in [0.2, 0.25) is 0 Å². The summed E-state index contributed by atoms with van der Waals surface area (Å²) in [5, 5.41) is 13.7. The van der Waals surface area contributed by atoms with Crippen molar-refractivity contribution in [1.29, 1.82) is 0 Å². The molecular weight excluding hydrogens is 496 g/mol. The highest BCUT2D eigenvalue weighted by Gasteiger charge is 2.14. The molecule has 0 spiro atoms. The number of carbonyl (C=O) groups is 3. The van der Waals surface area contributed by atoms with Gasteiger partial charge < -0.3 is 20.5 Å². The number of hydrogen-bond acceptors (Lipinski definition) is 4. The number of nitrogens with one attached hydrogen (secondary N) is 2. The van der Waals surface area contributed by atoms with Crippen LogP contribution in [0.5, 0.6) is 5.75 Å². The van der Waals surface area contributed by atoms with Crippen LogP contribution in [0, 0.1) is 0 Å². The molecule has 2 rings (SSSR count). The van der Waals surface area contributed by atoms with E-state index in [1.807, 2.05) is 18.2 Å². The minimum absolute atomic E-state index is 0.0691. The first-order valence-corrected chi connectivity index (χ1v) is 9.89. The molecule has 2 aromatic carbocycles. The van der Waals surface area contributed by atoms with Gasteiger partial charge in [0.2, 0.25) is 5.91 Å². The minimum atomic E-state index is -1.12. The molecule has 9 heteroatoms. The third-order valence-corrected chi connectivity index (χ3v) is 4.75. The smallest absolute Gasteiger partial charge is 0.322 e. The quantitative estimate of drug-likeness (QED) is 0.495. The average Bonchev–Trinajstić information content (AvgIpc) is 2.65. The molecule has 0 aliphatic carbocycles. The van der Waals surface area contributed by atoms with Gasteiger partial charge in [0.1, 0.15) is 18.9 Å². The Morgan fingerprint density at radius 3 is 2.39 bits per heavy atom. The first kappa shape index (κ1) is 21.9. The van der Waals surface area contributed by atoms with Gasteiger partial charge in [-0.05, 0) is 61.7 Å². The number of carboxylic acids is 1. The maximum absolute atomic E-state index is 12.0. The Balaban J connectivity index is 2.08. The van der Waals surface area contributed by atoms with E-state index in [0.29, 0.717) is 26.8 Å². The van der Waals surface area contributed by atoms with E-state index in [9.17, 15) is 14.4 Å². The van der Waals surface area contributed by atoms with E-state index in [-0.39, 0.29) is 18.1 Å². The average molecular weight is 514 g/mol. The zero-order valence-corrected chi connectivity index (χ0v) is 18.1. The lowest BCUT2D eigenvalue weighted by Crippen LogP contribution is -2.29. The molecule has 28 heavy (non-hydrogen) atoms. The lowest BCUT2D eigenvalue weighted by molar-refractivity contribution is -0.135. The number of halogens is 2. The van der Waals surface area contributed by atoms with E-state index in [4.69, 9.17) is 9.84 Å². The van der Waals surface area contributed by atoms with Crippen molar-refractivity contribution < 1.29 is 24.2 Å². The lowest BCUT2D eigenvalue weighted by atomic mass is 10.2. The molecule has 0 aliphatic heterocycles. The van der Waals surface area contributed by atoms with Crippen LogP contribution in [0.4, 0.5) is 5.69 Å². The summed E-state index contributed by atoms with van der Waals surface area (Å²) in [6.45, 7) is 1.57. The number of benzene rings is 2. The zero-order chi connectivity index (χ0) is 20.7. The van der Waals surface area contributed by atoms with Crippen LogP contribution < -0.4 is 15.4 Å². The SMILES string of the molecule is CCC(=O)Nc1cccc(COc2c(Br)cc(C(=O)NCC(=O)O)cc2Br)c1. The van der Waals surface area contributed by atoms with E-state index < -0.39 is 18.4 Å². The highest BCUT2D eigenvalue weighted by atomic mass is 79.9. The molecule has 2 amide bonds. The van der Waals surface area contributed by atoms with Gasteiger partial charge in [0.15, 0.2) is 0 Å². The van der Waals surface area contributed by atoms with Crippen LogP contribution in [-0.4, -0.2) is 29.4 Å². The Hall–Kier alpha value is -2.39. The van der Waals surface area contributed by atoms with Crippen LogP contribution in [0.15, 0.2) is 45.3 Å². The largest absolute Gasteiger partial charge is 0.487 e. The highest BCUT2D eigenvalue weighted by Crippen LogP contribution is 2.35. The number of hydrogen-bond donors (Lipinski definition) is 3. The maximum atomic E-state index is 12.0. The predicted octanol–water partition coefficient (Wildman–Crippen LogP) is 3.95. The molecule has 0 aromatic heterocycles. The summed E-state index contributed by atoms with van der Waals surface area (Å²) in [5.41, 5.74) is 1.84. The molecule has 0 heterocycles.